The van der Waals surface area contributed by atoms with E-state index in [4.69, 9.17) is 17.3 Å². The highest BCUT2D eigenvalue weighted by atomic mass is 35.5. The Hall–Kier alpha value is -0.880. The topological polar surface area (TPSA) is 43.1 Å². The molecule has 0 fully saturated rings. The SMILES string of the molecule is Nc1c(Cl)cc(C(=O)S)cc1C(F)(F)F. The van der Waals surface area contributed by atoms with Gasteiger partial charge in [0.05, 0.1) is 16.3 Å². The summed E-state index contributed by atoms with van der Waals surface area (Å²) in [6.07, 6.45) is -4.65. The van der Waals surface area contributed by atoms with Gasteiger partial charge in [-0.2, -0.15) is 13.2 Å². The molecule has 1 rings (SSSR count). The zero-order valence-corrected chi connectivity index (χ0v) is 8.75. The van der Waals surface area contributed by atoms with Crippen LogP contribution in [0.1, 0.15) is 15.9 Å². The summed E-state index contributed by atoms with van der Waals surface area (Å²) < 4.78 is 37.2. The lowest BCUT2D eigenvalue weighted by Crippen LogP contribution is -2.10. The lowest BCUT2D eigenvalue weighted by Gasteiger charge is -2.12. The third kappa shape index (κ3) is 2.57. The number of hydrogen-bond donors (Lipinski definition) is 2. The minimum absolute atomic E-state index is 0.246. The standard InChI is InChI=1S/C8H5ClF3NOS/c9-5-2-3(7(14)15)1-4(6(5)13)8(10,11)12/h1-2H,13H2,(H,14,15). The first-order chi connectivity index (χ1) is 6.73. The van der Waals surface area contributed by atoms with Crippen molar-refractivity contribution < 1.29 is 18.0 Å². The molecule has 0 unspecified atom stereocenters. The van der Waals surface area contributed by atoms with Crippen LogP contribution in [0.5, 0.6) is 0 Å². The van der Waals surface area contributed by atoms with Crippen LogP contribution >= 0.6 is 24.2 Å². The average Bonchev–Trinajstić information content (AvgIpc) is 2.06. The normalized spacial score (nSPS) is 11.5. The van der Waals surface area contributed by atoms with Gasteiger partial charge in [-0.15, -0.1) is 12.6 Å². The van der Waals surface area contributed by atoms with Gasteiger partial charge >= 0.3 is 6.18 Å². The molecule has 0 heterocycles. The van der Waals surface area contributed by atoms with E-state index in [0.29, 0.717) is 6.07 Å². The van der Waals surface area contributed by atoms with Crippen molar-refractivity contribution in [2.75, 3.05) is 5.73 Å². The summed E-state index contributed by atoms with van der Waals surface area (Å²) in [5, 5.41) is -1.12. The van der Waals surface area contributed by atoms with Gasteiger partial charge in [0.15, 0.2) is 0 Å². The summed E-state index contributed by atoms with van der Waals surface area (Å²) in [7, 11) is 0. The molecular formula is C8H5ClF3NOS. The van der Waals surface area contributed by atoms with Crippen molar-refractivity contribution >= 4 is 35.0 Å². The summed E-state index contributed by atoms with van der Waals surface area (Å²) >= 11 is 8.86. The maximum absolute atomic E-state index is 12.4. The molecule has 0 saturated heterocycles. The summed E-state index contributed by atoms with van der Waals surface area (Å²) in [6, 6.07) is 1.66. The van der Waals surface area contributed by atoms with Crippen molar-refractivity contribution in [2.45, 2.75) is 6.18 Å². The smallest absolute Gasteiger partial charge is 0.397 e. The van der Waals surface area contributed by atoms with Crippen LogP contribution in [0.4, 0.5) is 18.9 Å². The van der Waals surface area contributed by atoms with Crippen LogP contribution in [0.3, 0.4) is 0 Å². The Bertz CT molecular complexity index is 419. The van der Waals surface area contributed by atoms with Crippen molar-refractivity contribution in [3.63, 3.8) is 0 Å². The Morgan fingerprint density at radius 1 is 1.40 bits per heavy atom. The Labute approximate surface area is 93.6 Å². The number of carbonyl (C=O) groups is 1. The second-order valence-corrected chi connectivity index (χ2v) is 3.54. The van der Waals surface area contributed by atoms with Gasteiger partial charge in [0.2, 0.25) is 5.12 Å². The van der Waals surface area contributed by atoms with E-state index in [9.17, 15) is 18.0 Å². The Balaban J connectivity index is 3.45. The predicted octanol–water partition coefficient (Wildman–Crippen LogP) is 3.01. The maximum atomic E-state index is 12.4. The molecule has 0 aliphatic heterocycles. The molecule has 15 heavy (non-hydrogen) atoms. The number of halogens is 4. The second kappa shape index (κ2) is 3.94. The summed E-state index contributed by atoms with van der Waals surface area (Å²) in [4.78, 5) is 10.8. The molecular weight excluding hydrogens is 251 g/mol. The van der Waals surface area contributed by atoms with E-state index in [-0.39, 0.29) is 10.6 Å². The lowest BCUT2D eigenvalue weighted by atomic mass is 10.1. The Morgan fingerprint density at radius 3 is 2.33 bits per heavy atom. The molecule has 0 spiro atoms. The van der Waals surface area contributed by atoms with Crippen LogP contribution in [0.2, 0.25) is 5.02 Å². The van der Waals surface area contributed by atoms with Gasteiger partial charge < -0.3 is 5.73 Å². The molecule has 0 aliphatic rings. The fourth-order valence-corrected chi connectivity index (χ4v) is 1.32. The van der Waals surface area contributed by atoms with Crippen LogP contribution in [-0.2, 0) is 6.18 Å². The number of thiol groups is 1. The zero-order valence-electron chi connectivity index (χ0n) is 7.10. The highest BCUT2D eigenvalue weighted by molar-refractivity contribution is 7.97. The van der Waals surface area contributed by atoms with Crippen LogP contribution in [0, 0.1) is 0 Å². The largest absolute Gasteiger partial charge is 0.418 e. The van der Waals surface area contributed by atoms with Gasteiger partial charge in [-0.3, -0.25) is 4.79 Å². The molecule has 0 saturated carbocycles. The molecule has 0 bridgehead atoms. The van der Waals surface area contributed by atoms with Gasteiger partial charge in [0, 0.05) is 5.56 Å². The Morgan fingerprint density at radius 2 is 1.93 bits per heavy atom. The third-order valence-electron chi connectivity index (χ3n) is 1.68. The predicted molar refractivity (Wildman–Crippen MR) is 54.2 cm³/mol. The van der Waals surface area contributed by atoms with E-state index in [1.54, 1.807) is 0 Å². The number of carbonyl (C=O) groups excluding carboxylic acids is 1. The minimum Gasteiger partial charge on any atom is -0.397 e. The summed E-state index contributed by atoms with van der Waals surface area (Å²) in [5.41, 5.74) is 3.18. The molecule has 1 aromatic rings. The number of nitrogens with two attached hydrogens (primary N) is 1. The number of rotatable bonds is 1. The first kappa shape index (κ1) is 12.2. The highest BCUT2D eigenvalue weighted by Gasteiger charge is 2.34. The first-order valence-electron chi connectivity index (χ1n) is 3.63. The number of hydrogen-bond acceptors (Lipinski definition) is 2. The van der Waals surface area contributed by atoms with Crippen LogP contribution in [-0.4, -0.2) is 5.12 Å². The van der Waals surface area contributed by atoms with E-state index in [1.165, 1.54) is 0 Å². The van der Waals surface area contributed by atoms with Crippen molar-refractivity contribution in [2.24, 2.45) is 0 Å². The number of benzene rings is 1. The van der Waals surface area contributed by atoms with E-state index in [1.807, 2.05) is 0 Å². The molecule has 2 N–H and O–H groups in total. The fraction of sp³-hybridized carbons (Fsp3) is 0.125. The third-order valence-corrected chi connectivity index (χ3v) is 2.25. The summed E-state index contributed by atoms with van der Waals surface area (Å²) in [6.45, 7) is 0. The molecule has 0 atom stereocenters. The number of nitrogen functional groups attached to an aromatic ring is 1. The molecule has 7 heteroatoms. The van der Waals surface area contributed by atoms with E-state index in [0.717, 1.165) is 6.07 Å². The first-order valence-corrected chi connectivity index (χ1v) is 4.45. The molecule has 1 aromatic carbocycles. The van der Waals surface area contributed by atoms with Gasteiger partial charge in [0.1, 0.15) is 0 Å². The monoisotopic (exact) mass is 255 g/mol. The maximum Gasteiger partial charge on any atom is 0.418 e. The molecule has 82 valence electrons. The number of alkyl halides is 3. The zero-order chi connectivity index (χ0) is 11.8. The molecule has 0 radical (unpaired) electrons. The van der Waals surface area contributed by atoms with E-state index < -0.39 is 22.5 Å². The van der Waals surface area contributed by atoms with Gasteiger partial charge in [-0.05, 0) is 12.1 Å². The van der Waals surface area contributed by atoms with Crippen molar-refractivity contribution in [1.29, 1.82) is 0 Å². The van der Waals surface area contributed by atoms with Crippen LogP contribution in [0.15, 0.2) is 12.1 Å². The molecule has 0 aromatic heterocycles. The average molecular weight is 256 g/mol. The van der Waals surface area contributed by atoms with Crippen molar-refractivity contribution in [3.8, 4) is 0 Å². The van der Waals surface area contributed by atoms with Gasteiger partial charge in [-0.25, -0.2) is 0 Å². The fourth-order valence-electron chi connectivity index (χ4n) is 0.976. The van der Waals surface area contributed by atoms with Gasteiger partial charge in [0.25, 0.3) is 0 Å². The van der Waals surface area contributed by atoms with E-state index in [2.05, 4.69) is 12.6 Å². The lowest BCUT2D eigenvalue weighted by molar-refractivity contribution is -0.136. The van der Waals surface area contributed by atoms with Crippen LogP contribution < -0.4 is 5.73 Å². The highest BCUT2D eigenvalue weighted by Crippen LogP contribution is 2.37. The minimum atomic E-state index is -4.65. The van der Waals surface area contributed by atoms with E-state index >= 15 is 0 Å². The number of anilines is 1. The second-order valence-electron chi connectivity index (χ2n) is 2.72. The molecule has 2 nitrogen and oxygen atoms in total. The molecule has 0 aliphatic carbocycles. The van der Waals surface area contributed by atoms with Crippen molar-refractivity contribution in [3.05, 3.63) is 28.3 Å². The summed E-state index contributed by atoms with van der Waals surface area (Å²) in [5.74, 6) is 0. The van der Waals surface area contributed by atoms with Crippen molar-refractivity contribution in [1.82, 2.24) is 0 Å². The Kier molecular flexibility index (Phi) is 3.20. The van der Waals surface area contributed by atoms with Crippen LogP contribution in [0.25, 0.3) is 0 Å². The van der Waals surface area contributed by atoms with Gasteiger partial charge in [-0.1, -0.05) is 11.6 Å². The molecule has 0 amide bonds. The quantitative estimate of drug-likeness (QED) is 0.598.